The minimum absolute atomic E-state index is 0. The number of nitrogens with zero attached hydrogens (tertiary/aromatic N) is 1. The second-order valence-electron chi connectivity index (χ2n) is 14.5. The first kappa shape index (κ1) is 191. The molecule has 2 aromatic carbocycles. The van der Waals surface area contributed by atoms with Crippen molar-refractivity contribution >= 4 is 80.6 Å². The molecular formula is C65H168N12O13. The number of hydrogen-bond donors (Lipinski definition) is 12. The first-order valence-corrected chi connectivity index (χ1v) is 27.5. The van der Waals surface area contributed by atoms with E-state index in [0.717, 1.165) is 49.6 Å². The Balaban J connectivity index is -0.0000000148. The fourth-order valence-corrected chi connectivity index (χ4v) is 2.64. The minimum atomic E-state index is -0.167. The Morgan fingerprint density at radius 2 is 0.500 bits per heavy atom. The van der Waals surface area contributed by atoms with Crippen LogP contribution in [-0.2, 0) is 70.4 Å². The summed E-state index contributed by atoms with van der Waals surface area (Å²) in [7, 11) is 7.50. The quantitative estimate of drug-likeness (QED) is 0.132. The molecule has 1 aliphatic heterocycles. The van der Waals surface area contributed by atoms with E-state index in [2.05, 4.69) is 174 Å². The Morgan fingerprint density at radius 1 is 0.378 bits per heavy atom. The molecule has 1 amide bonds. The Bertz CT molecular complexity index is 981. The highest BCUT2D eigenvalue weighted by Gasteiger charge is 2.11. The molecule has 25 heteroatoms. The Hall–Kier alpha value is -6.20. The van der Waals surface area contributed by atoms with Gasteiger partial charge >= 0.3 is 0 Å². The number of aliphatic hydroxyl groups is 1. The van der Waals surface area contributed by atoms with Crippen LogP contribution in [0.2, 0.25) is 0 Å². The van der Waals surface area contributed by atoms with Crippen LogP contribution in [0, 0.1) is 23.7 Å². The number of piperidine rings is 1. The second kappa shape index (κ2) is 333. The molecule has 1 fully saturated rings. The van der Waals surface area contributed by atoms with E-state index in [1.807, 2.05) is 119 Å². The van der Waals surface area contributed by atoms with Crippen LogP contribution < -0.4 is 65.6 Å². The van der Waals surface area contributed by atoms with Crippen LogP contribution in [0.15, 0.2) is 60.7 Å². The lowest BCUT2D eigenvalue weighted by atomic mass is 10.1. The molecule has 0 atom stereocenters. The molecule has 0 saturated carbocycles. The van der Waals surface area contributed by atoms with Crippen molar-refractivity contribution in [2.24, 2.45) is 52.3 Å². The maximum Gasteiger partial charge on any atom is 0.219 e. The fourth-order valence-electron chi connectivity index (χ4n) is 2.64. The van der Waals surface area contributed by atoms with Gasteiger partial charge in [-0.15, -0.1) is 0 Å². The molecule has 2 aromatic rings. The summed E-state index contributed by atoms with van der Waals surface area (Å²) in [5.74, 6) is 3.72. The number of likely N-dealkylation sites (tertiary alicyclic amines) is 1. The van der Waals surface area contributed by atoms with Crippen LogP contribution in [0.4, 0.5) is 0 Å². The molecule has 0 bridgehead atoms. The summed E-state index contributed by atoms with van der Waals surface area (Å²) in [4.78, 5) is 101. The van der Waals surface area contributed by atoms with E-state index in [4.69, 9.17) is 57.8 Å². The number of aryl methyl sites for hydroxylation is 2. The van der Waals surface area contributed by atoms with Crippen LogP contribution in [0.25, 0.3) is 0 Å². The molecule has 1 heterocycles. The van der Waals surface area contributed by atoms with E-state index < -0.39 is 0 Å². The largest absolute Gasteiger partial charge is 0.394 e. The van der Waals surface area contributed by atoms with Gasteiger partial charge in [-0.25, -0.2) is 0 Å². The van der Waals surface area contributed by atoms with Gasteiger partial charge in [0, 0.05) is 29.0 Å². The number of aliphatic hydroxyl groups excluding tert-OH is 1. The molecule has 0 aliphatic carbocycles. The molecule has 25 nitrogen and oxygen atoms in total. The molecule has 3 rings (SSSR count). The van der Waals surface area contributed by atoms with Crippen molar-refractivity contribution in [2.45, 2.75) is 203 Å². The van der Waals surface area contributed by atoms with Gasteiger partial charge in [-0.3, -0.25) is 4.79 Å². The molecule has 1 aliphatic rings. The van der Waals surface area contributed by atoms with Crippen LogP contribution in [0.1, 0.15) is 198 Å². The van der Waals surface area contributed by atoms with E-state index in [1.54, 1.807) is 20.8 Å². The van der Waals surface area contributed by atoms with Crippen molar-refractivity contribution in [2.75, 3.05) is 48.3 Å². The summed E-state index contributed by atoms with van der Waals surface area (Å²) >= 11 is 0. The summed E-state index contributed by atoms with van der Waals surface area (Å²) < 4.78 is 0. The number of rotatable bonds is 5. The summed E-state index contributed by atoms with van der Waals surface area (Å²) in [5, 5.41) is 8.06. The molecule has 0 spiro atoms. The number of nitrogens with two attached hydrogens (primary N) is 5. The minimum Gasteiger partial charge on any atom is -0.394 e. The van der Waals surface area contributed by atoms with Gasteiger partial charge in [0.05, 0.1) is 0 Å². The molecular weight excluding hydrogens is 1160 g/mol. The van der Waals surface area contributed by atoms with Crippen molar-refractivity contribution in [3.05, 3.63) is 71.8 Å². The van der Waals surface area contributed by atoms with Gasteiger partial charge in [0.2, 0.25) is 5.91 Å². The Morgan fingerprint density at radius 3 is 0.567 bits per heavy atom. The van der Waals surface area contributed by atoms with E-state index >= 15 is 0 Å². The predicted molar refractivity (Wildman–Crippen MR) is 407 cm³/mol. The number of benzene rings is 2. The third-order valence-corrected chi connectivity index (χ3v) is 6.75. The number of amides is 1. The third-order valence-electron chi connectivity index (χ3n) is 6.75. The first-order chi connectivity index (χ1) is 40.4. The fraction of sp³-hybridized carbons (Fsp3) is 0.631. The summed E-state index contributed by atoms with van der Waals surface area (Å²) in [6.07, 6.45) is 9.71. The summed E-state index contributed by atoms with van der Waals surface area (Å²) in [5.41, 5.74) is 25.3. The topological polar surface area (TPSA) is 568 Å². The average molecular weight is 1330 g/mol. The highest BCUT2D eigenvalue weighted by Crippen LogP contribution is 2.07. The smallest absolute Gasteiger partial charge is 0.219 e. The van der Waals surface area contributed by atoms with Crippen molar-refractivity contribution in [1.29, 1.82) is 0 Å². The van der Waals surface area contributed by atoms with Crippen LogP contribution in [0.5, 0.6) is 0 Å². The lowest BCUT2D eigenvalue weighted by Crippen LogP contribution is -2.33. The predicted octanol–water partition coefficient (Wildman–Crippen LogP) is 13.1. The molecule has 0 radical (unpaired) electrons. The maximum absolute atomic E-state index is 10.7. The van der Waals surface area contributed by atoms with E-state index in [0.29, 0.717) is 0 Å². The monoisotopic (exact) mass is 1330 g/mol. The number of hydrogen-bond acceptors (Lipinski definition) is 24. The van der Waals surface area contributed by atoms with Gasteiger partial charge in [-0.2, -0.15) is 0 Å². The second-order valence-corrected chi connectivity index (χ2v) is 14.5. The van der Waals surface area contributed by atoms with Crippen molar-refractivity contribution in [3.8, 4) is 0 Å². The van der Waals surface area contributed by atoms with E-state index in [9.17, 15) is 4.79 Å². The zero-order valence-electron chi connectivity index (χ0n) is 63.9. The van der Waals surface area contributed by atoms with E-state index in [-0.39, 0.29) is 51.8 Å². The van der Waals surface area contributed by atoms with Gasteiger partial charge in [-0.05, 0) is 116 Å². The molecule has 566 valence electrons. The summed E-state index contributed by atoms with van der Waals surface area (Å²) in [6.45, 7) is 67.8. The SMILES string of the molecule is C=O.C=O.C=O.C=O.C=O.C=O.C=O.C=O.C=O.C=O.C=O.CC.CC.CC(=O)N1CCCCC1.CC(C)C.CC(C)O.CCC(C)C.CCC(C)C.CCC(C)C.CCc1ccccc1.CCc1ccccc1.CN.CN.CN.CN.CN.N.N.N.N.N.N.[HH].[HH]. The van der Waals surface area contributed by atoms with Crippen LogP contribution in [-0.4, -0.2) is 145 Å². The average Bonchev–Trinajstić information content (AvgIpc) is 3.60. The van der Waals surface area contributed by atoms with Gasteiger partial charge in [0.25, 0.3) is 0 Å². The van der Waals surface area contributed by atoms with Crippen molar-refractivity contribution in [3.63, 3.8) is 0 Å². The third kappa shape index (κ3) is 528. The standard InChI is InChI=1S/2C8H10.C7H13NO.3C5H12.C4H10.C3H8O.2C2H6.5CH5N.11CH2O.6H3N.2H2/c2*1-2-8-6-4-3-5-7-8;1-7(9)8-5-3-2-4-6-8;3*1-4-5(2)3;1-4(2)3;1-3(2)4;18*1-2;;;;;;;;/h2*3-7H,2H2,1H3;2-6H2,1H3;3*5H,4H2,1-3H3;4H,1-3H3;3-4H,1-2H3;2*1-2H3;5*2H2,1H3;11*1H2;6*1H3;2*1H. The van der Waals surface area contributed by atoms with Gasteiger partial charge in [-0.1, -0.05) is 205 Å². The van der Waals surface area contributed by atoms with Crippen LogP contribution >= 0.6 is 0 Å². The Labute approximate surface area is 561 Å². The van der Waals surface area contributed by atoms with Crippen molar-refractivity contribution < 1.29 is 65.5 Å². The highest BCUT2D eigenvalue weighted by molar-refractivity contribution is 5.73. The van der Waals surface area contributed by atoms with Gasteiger partial charge in [0.1, 0.15) is 74.7 Å². The number of carbonyl (C=O) groups is 12. The van der Waals surface area contributed by atoms with Gasteiger partial charge in [0.15, 0.2) is 0 Å². The van der Waals surface area contributed by atoms with Gasteiger partial charge < -0.3 is 128 Å². The Kier molecular flexibility index (Phi) is 707. The molecule has 0 aromatic heterocycles. The van der Waals surface area contributed by atoms with Crippen molar-refractivity contribution in [1.82, 2.24) is 41.8 Å². The first-order valence-electron chi connectivity index (χ1n) is 27.5. The molecule has 90 heavy (non-hydrogen) atoms. The lowest BCUT2D eigenvalue weighted by Gasteiger charge is -2.24. The lowest BCUT2D eigenvalue weighted by molar-refractivity contribution is -0.129. The molecule has 1 saturated heterocycles. The zero-order valence-corrected chi connectivity index (χ0v) is 63.9. The molecule has 29 N–H and O–H groups in total. The number of carbonyl (C=O) groups excluding carboxylic acids is 12. The summed E-state index contributed by atoms with van der Waals surface area (Å²) in [6, 6.07) is 20.9. The zero-order chi connectivity index (χ0) is 74.3. The highest BCUT2D eigenvalue weighted by atomic mass is 16.3. The maximum atomic E-state index is 10.7. The molecule has 0 unspecified atom stereocenters. The van der Waals surface area contributed by atoms with Crippen LogP contribution in [0.3, 0.4) is 0 Å². The van der Waals surface area contributed by atoms with E-state index in [1.165, 1.54) is 84.9 Å². The normalized spacial score (nSPS) is 6.97.